The number of esters is 1. The van der Waals surface area contributed by atoms with Gasteiger partial charge in [0, 0.05) is 50.2 Å². The number of piperazine rings is 1. The molecule has 4 rings (SSSR count). The van der Waals surface area contributed by atoms with Gasteiger partial charge in [-0.3, -0.25) is 14.5 Å². The van der Waals surface area contributed by atoms with Gasteiger partial charge in [-0.2, -0.15) is 0 Å². The topological polar surface area (TPSA) is 101 Å². The fraction of sp³-hybridized carbons (Fsp3) is 0.423. The number of aromatic nitrogens is 3. The van der Waals surface area contributed by atoms with E-state index in [1.165, 1.54) is 11.3 Å². The number of aryl methyl sites for hydroxylation is 2. The average molecular weight is 543 g/mol. The lowest BCUT2D eigenvalue weighted by Crippen LogP contribution is -2.47. The van der Waals surface area contributed by atoms with E-state index in [2.05, 4.69) is 30.1 Å². The molecule has 3 heterocycles. The van der Waals surface area contributed by atoms with Crippen LogP contribution in [-0.4, -0.2) is 70.9 Å². The first-order chi connectivity index (χ1) is 17.8. The molecule has 0 aliphatic carbocycles. The quantitative estimate of drug-likeness (QED) is 0.294. The number of benzene rings is 1. The lowest BCUT2D eigenvalue weighted by molar-refractivity contribution is -0.143. The van der Waals surface area contributed by atoms with Gasteiger partial charge in [-0.25, -0.2) is 15.0 Å². The highest BCUT2D eigenvalue weighted by molar-refractivity contribution is 7.17. The summed E-state index contributed by atoms with van der Waals surface area (Å²) in [6.07, 6.45) is 2.23. The second-order valence-electron chi connectivity index (χ2n) is 8.83. The summed E-state index contributed by atoms with van der Waals surface area (Å²) in [5, 5.41) is 4.42. The van der Waals surface area contributed by atoms with Crippen molar-refractivity contribution < 1.29 is 14.3 Å². The van der Waals surface area contributed by atoms with E-state index in [-0.39, 0.29) is 18.2 Å². The molecule has 9 nitrogen and oxygen atoms in total. The van der Waals surface area contributed by atoms with Gasteiger partial charge in [-0.05, 0) is 38.0 Å². The van der Waals surface area contributed by atoms with Gasteiger partial charge in [0.05, 0.1) is 24.1 Å². The Balaban J connectivity index is 1.36. The summed E-state index contributed by atoms with van der Waals surface area (Å²) in [5.41, 5.74) is 1.83. The number of hydrogen-bond acceptors (Lipinski definition) is 10. The van der Waals surface area contributed by atoms with E-state index < -0.39 is 0 Å². The minimum Gasteiger partial charge on any atom is -0.466 e. The molecule has 11 heteroatoms. The molecule has 1 aliphatic heterocycles. The molecular formula is C26H31ClN6O3S. The Labute approximate surface area is 225 Å². The SMILES string of the molecule is CCOC(=O)CCN1CCN(c2cc(Nc3ncc(C(=O)Cc4c(C)cccc4Cl)s3)nc(C)n2)CC1. The molecule has 0 atom stereocenters. The van der Waals surface area contributed by atoms with E-state index in [4.69, 9.17) is 16.3 Å². The predicted octanol–water partition coefficient (Wildman–Crippen LogP) is 4.45. The van der Waals surface area contributed by atoms with Crippen LogP contribution in [0.1, 0.15) is 40.0 Å². The molecule has 2 aromatic heterocycles. The zero-order valence-corrected chi connectivity index (χ0v) is 22.9. The number of hydrogen-bond donors (Lipinski definition) is 1. The monoisotopic (exact) mass is 542 g/mol. The van der Waals surface area contributed by atoms with Crippen LogP contribution in [-0.2, 0) is 16.0 Å². The van der Waals surface area contributed by atoms with E-state index in [0.717, 1.165) is 43.1 Å². The first kappa shape index (κ1) is 27.0. The summed E-state index contributed by atoms with van der Waals surface area (Å²) in [6.45, 7) is 10.0. The van der Waals surface area contributed by atoms with Crippen molar-refractivity contribution in [2.45, 2.75) is 33.6 Å². The third-order valence-electron chi connectivity index (χ3n) is 6.16. The maximum absolute atomic E-state index is 12.9. The molecule has 3 aromatic rings. The van der Waals surface area contributed by atoms with Gasteiger partial charge in [-0.15, -0.1) is 0 Å². The molecule has 0 spiro atoms. The van der Waals surface area contributed by atoms with Crippen molar-refractivity contribution in [1.29, 1.82) is 0 Å². The Morgan fingerprint density at radius 3 is 2.68 bits per heavy atom. The standard InChI is InChI=1S/C26H31ClN6O3S/c1-4-36-25(35)8-9-32-10-12-33(13-11-32)24-15-23(29-18(3)30-24)31-26-28-16-22(37-26)21(34)14-19-17(2)6-5-7-20(19)27/h5-7,15-16H,4,8-14H2,1-3H3,(H,28,29,30,31). The smallest absolute Gasteiger partial charge is 0.307 e. The molecule has 1 N–H and O–H groups in total. The molecule has 0 radical (unpaired) electrons. The summed E-state index contributed by atoms with van der Waals surface area (Å²) in [5.74, 6) is 1.93. The molecule has 0 saturated carbocycles. The van der Waals surface area contributed by atoms with Crippen LogP contribution in [0, 0.1) is 13.8 Å². The van der Waals surface area contributed by atoms with E-state index in [0.29, 0.717) is 46.2 Å². The highest BCUT2D eigenvalue weighted by Crippen LogP contribution is 2.27. The number of thiazole rings is 1. The predicted molar refractivity (Wildman–Crippen MR) is 146 cm³/mol. The number of carbonyl (C=O) groups excluding carboxylic acids is 2. The third kappa shape index (κ3) is 7.24. The van der Waals surface area contributed by atoms with Gasteiger partial charge >= 0.3 is 5.97 Å². The van der Waals surface area contributed by atoms with E-state index in [9.17, 15) is 9.59 Å². The third-order valence-corrected chi connectivity index (χ3v) is 7.47. The minimum atomic E-state index is -0.155. The number of halogens is 1. The summed E-state index contributed by atoms with van der Waals surface area (Å²) in [7, 11) is 0. The van der Waals surface area contributed by atoms with E-state index in [1.807, 2.05) is 39.0 Å². The molecule has 1 aliphatic rings. The zero-order valence-electron chi connectivity index (χ0n) is 21.3. The van der Waals surface area contributed by atoms with Crippen molar-refractivity contribution >= 4 is 51.5 Å². The average Bonchev–Trinajstić information content (AvgIpc) is 3.34. The maximum atomic E-state index is 12.9. The van der Waals surface area contributed by atoms with Crippen molar-refractivity contribution in [2.24, 2.45) is 0 Å². The number of nitrogens with zero attached hydrogens (tertiary/aromatic N) is 5. The van der Waals surface area contributed by atoms with Gasteiger partial charge in [0.15, 0.2) is 10.9 Å². The van der Waals surface area contributed by atoms with Crippen LogP contribution in [0.4, 0.5) is 16.8 Å². The second kappa shape index (κ2) is 12.4. The first-order valence-electron chi connectivity index (χ1n) is 12.3. The number of ether oxygens (including phenoxy) is 1. The number of carbonyl (C=O) groups is 2. The molecule has 0 bridgehead atoms. The maximum Gasteiger partial charge on any atom is 0.307 e. The van der Waals surface area contributed by atoms with Gasteiger partial charge in [0.2, 0.25) is 0 Å². The van der Waals surface area contributed by atoms with Crippen molar-refractivity contribution in [2.75, 3.05) is 49.5 Å². The molecule has 196 valence electrons. The normalized spacial score (nSPS) is 14.0. The number of nitrogens with one attached hydrogen (secondary N) is 1. The molecule has 0 amide bonds. The van der Waals surface area contributed by atoms with Crippen molar-refractivity contribution in [1.82, 2.24) is 19.9 Å². The summed E-state index contributed by atoms with van der Waals surface area (Å²) >= 11 is 7.59. The Morgan fingerprint density at radius 2 is 1.95 bits per heavy atom. The van der Waals surface area contributed by atoms with Crippen molar-refractivity contribution in [3.8, 4) is 0 Å². The number of Topliss-reactive ketones (excluding diaryl/α,β-unsaturated/α-hetero) is 1. The summed E-state index contributed by atoms with van der Waals surface area (Å²) in [4.78, 5) is 43.0. The largest absolute Gasteiger partial charge is 0.466 e. The molecular weight excluding hydrogens is 512 g/mol. The van der Waals surface area contributed by atoms with Gasteiger partial charge in [0.1, 0.15) is 17.5 Å². The highest BCUT2D eigenvalue weighted by atomic mass is 35.5. The van der Waals surface area contributed by atoms with E-state index in [1.54, 1.807) is 12.3 Å². The Morgan fingerprint density at radius 1 is 1.16 bits per heavy atom. The molecule has 1 saturated heterocycles. The second-order valence-corrected chi connectivity index (χ2v) is 10.3. The molecule has 1 fully saturated rings. The molecule has 1 aromatic carbocycles. The summed E-state index contributed by atoms with van der Waals surface area (Å²) in [6, 6.07) is 7.53. The van der Waals surface area contributed by atoms with Crippen LogP contribution >= 0.6 is 22.9 Å². The Bertz CT molecular complexity index is 1240. The summed E-state index contributed by atoms with van der Waals surface area (Å²) < 4.78 is 5.02. The lowest BCUT2D eigenvalue weighted by Gasteiger charge is -2.35. The number of rotatable bonds is 10. The van der Waals surface area contributed by atoms with Crippen LogP contribution in [0.15, 0.2) is 30.5 Å². The lowest BCUT2D eigenvalue weighted by atomic mass is 10.0. The van der Waals surface area contributed by atoms with Gasteiger partial charge in [-0.1, -0.05) is 35.1 Å². The molecule has 0 unspecified atom stereocenters. The van der Waals surface area contributed by atoms with Crippen LogP contribution in [0.3, 0.4) is 0 Å². The van der Waals surface area contributed by atoms with Crippen LogP contribution in [0.25, 0.3) is 0 Å². The highest BCUT2D eigenvalue weighted by Gasteiger charge is 2.20. The Kier molecular flexibility index (Phi) is 9.07. The van der Waals surface area contributed by atoms with Gasteiger partial charge < -0.3 is 15.0 Å². The zero-order chi connectivity index (χ0) is 26.4. The van der Waals surface area contributed by atoms with E-state index >= 15 is 0 Å². The van der Waals surface area contributed by atoms with Gasteiger partial charge in [0.25, 0.3) is 0 Å². The fourth-order valence-corrected chi connectivity index (χ4v) is 5.22. The first-order valence-corrected chi connectivity index (χ1v) is 13.5. The van der Waals surface area contributed by atoms with Crippen molar-refractivity contribution in [3.63, 3.8) is 0 Å². The molecule has 37 heavy (non-hydrogen) atoms. The van der Waals surface area contributed by atoms with Crippen LogP contribution in [0.2, 0.25) is 5.02 Å². The minimum absolute atomic E-state index is 0.0258. The van der Waals surface area contributed by atoms with Crippen LogP contribution < -0.4 is 10.2 Å². The van der Waals surface area contributed by atoms with Crippen LogP contribution in [0.5, 0.6) is 0 Å². The Hall–Kier alpha value is -3.08. The fourth-order valence-electron chi connectivity index (χ4n) is 4.17. The van der Waals surface area contributed by atoms with Crippen molar-refractivity contribution in [3.05, 3.63) is 57.3 Å². The number of anilines is 3. The number of ketones is 1.